The van der Waals surface area contributed by atoms with Crippen LogP contribution in [-0.2, 0) is 25.6 Å². The van der Waals surface area contributed by atoms with Crippen molar-refractivity contribution in [2.45, 2.75) is 44.3 Å². The van der Waals surface area contributed by atoms with Crippen molar-refractivity contribution in [1.82, 2.24) is 9.80 Å². The zero-order valence-electron chi connectivity index (χ0n) is 16.6. The average molecular weight is 386 g/mol. The average Bonchev–Trinajstić information content (AvgIpc) is 3.04. The lowest BCUT2D eigenvalue weighted by Gasteiger charge is -2.46. The highest BCUT2D eigenvalue weighted by Gasteiger charge is 2.61. The molecule has 152 valence electrons. The number of piperidine rings is 1. The number of ether oxygens (including phenoxy) is 2. The van der Waals surface area contributed by atoms with Gasteiger partial charge in [0.2, 0.25) is 0 Å². The first-order valence-electron chi connectivity index (χ1n) is 10.4. The van der Waals surface area contributed by atoms with Gasteiger partial charge in [-0.25, -0.2) is 0 Å². The number of carbonyl (C=O) groups excluding carboxylic acids is 2. The second-order valence-electron chi connectivity index (χ2n) is 8.20. The van der Waals surface area contributed by atoms with E-state index in [1.54, 1.807) is 0 Å². The molecule has 3 saturated heterocycles. The quantitative estimate of drug-likeness (QED) is 0.550. The van der Waals surface area contributed by atoms with Crippen LogP contribution in [0.15, 0.2) is 30.3 Å². The van der Waals surface area contributed by atoms with Gasteiger partial charge in [-0.2, -0.15) is 0 Å². The molecule has 0 N–H and O–H groups in total. The van der Waals surface area contributed by atoms with E-state index in [1.165, 1.54) is 12.7 Å². The third kappa shape index (κ3) is 3.49. The van der Waals surface area contributed by atoms with Crippen LogP contribution >= 0.6 is 0 Å². The SMILES string of the molecule is COC(=O)[C@]1(CCN2CCOCC2)C(=O)C[C@H]2CC[C@H]1N2Cc1ccccc1. The van der Waals surface area contributed by atoms with Gasteiger partial charge >= 0.3 is 5.97 Å². The number of carbonyl (C=O) groups is 2. The third-order valence-corrected chi connectivity index (χ3v) is 6.81. The number of rotatable bonds is 6. The fourth-order valence-electron chi connectivity index (χ4n) is 5.30. The number of ketones is 1. The molecule has 3 atom stereocenters. The Labute approximate surface area is 166 Å². The second kappa shape index (κ2) is 8.31. The van der Waals surface area contributed by atoms with Gasteiger partial charge in [-0.05, 0) is 31.4 Å². The summed E-state index contributed by atoms with van der Waals surface area (Å²) in [6, 6.07) is 10.5. The van der Waals surface area contributed by atoms with Crippen LogP contribution in [0.25, 0.3) is 0 Å². The molecule has 3 aliphatic heterocycles. The van der Waals surface area contributed by atoms with Gasteiger partial charge in [0, 0.05) is 38.1 Å². The van der Waals surface area contributed by atoms with Crippen LogP contribution in [0.2, 0.25) is 0 Å². The molecule has 3 heterocycles. The van der Waals surface area contributed by atoms with Crippen molar-refractivity contribution in [3.63, 3.8) is 0 Å². The van der Waals surface area contributed by atoms with Gasteiger partial charge in [0.1, 0.15) is 5.41 Å². The topological polar surface area (TPSA) is 59.1 Å². The molecule has 0 amide bonds. The fourth-order valence-corrected chi connectivity index (χ4v) is 5.30. The minimum absolute atomic E-state index is 0.0735. The molecule has 0 spiro atoms. The number of esters is 1. The largest absolute Gasteiger partial charge is 0.468 e. The highest BCUT2D eigenvalue weighted by molar-refractivity contribution is 6.05. The van der Waals surface area contributed by atoms with E-state index < -0.39 is 5.41 Å². The highest BCUT2D eigenvalue weighted by Crippen LogP contribution is 2.48. The molecule has 0 unspecified atom stereocenters. The molecular weight excluding hydrogens is 356 g/mol. The van der Waals surface area contributed by atoms with Crippen LogP contribution in [-0.4, -0.2) is 73.6 Å². The first kappa shape index (κ1) is 19.6. The Morgan fingerprint density at radius 2 is 1.96 bits per heavy atom. The zero-order chi connectivity index (χ0) is 19.6. The third-order valence-electron chi connectivity index (χ3n) is 6.81. The van der Waals surface area contributed by atoms with Gasteiger partial charge in [0.25, 0.3) is 0 Å². The Morgan fingerprint density at radius 1 is 1.21 bits per heavy atom. The summed E-state index contributed by atoms with van der Waals surface area (Å²) in [5, 5.41) is 0. The smallest absolute Gasteiger partial charge is 0.321 e. The number of nitrogens with zero attached hydrogens (tertiary/aromatic N) is 2. The number of Topliss-reactive ketones (excluding diaryl/α,β-unsaturated/α-hetero) is 1. The molecule has 3 aliphatic rings. The summed E-state index contributed by atoms with van der Waals surface area (Å²) in [6.07, 6.45) is 2.82. The van der Waals surface area contributed by atoms with Crippen LogP contribution in [0.3, 0.4) is 0 Å². The molecular formula is C22H30N2O4. The Hall–Kier alpha value is -1.76. The number of benzene rings is 1. The summed E-state index contributed by atoms with van der Waals surface area (Å²) < 4.78 is 10.7. The van der Waals surface area contributed by atoms with Crippen molar-refractivity contribution in [2.75, 3.05) is 40.0 Å². The molecule has 1 aromatic carbocycles. The zero-order valence-corrected chi connectivity index (χ0v) is 16.6. The highest BCUT2D eigenvalue weighted by atomic mass is 16.5. The summed E-state index contributed by atoms with van der Waals surface area (Å²) in [7, 11) is 1.41. The van der Waals surface area contributed by atoms with Crippen molar-refractivity contribution >= 4 is 11.8 Å². The normalized spacial score (nSPS) is 31.1. The van der Waals surface area contributed by atoms with Crippen molar-refractivity contribution in [1.29, 1.82) is 0 Å². The number of fused-ring (bicyclic) bond motifs is 2. The van der Waals surface area contributed by atoms with E-state index in [9.17, 15) is 9.59 Å². The monoisotopic (exact) mass is 386 g/mol. The van der Waals surface area contributed by atoms with Crippen molar-refractivity contribution in [3.05, 3.63) is 35.9 Å². The molecule has 1 aromatic rings. The Balaban J connectivity index is 1.59. The first-order valence-corrected chi connectivity index (χ1v) is 10.4. The van der Waals surface area contributed by atoms with Gasteiger partial charge in [0.15, 0.2) is 5.78 Å². The first-order chi connectivity index (χ1) is 13.6. The van der Waals surface area contributed by atoms with Gasteiger partial charge in [0.05, 0.1) is 20.3 Å². The van der Waals surface area contributed by atoms with Gasteiger partial charge in [-0.15, -0.1) is 0 Å². The minimum atomic E-state index is -1.05. The molecule has 0 radical (unpaired) electrons. The van der Waals surface area contributed by atoms with E-state index in [0.717, 1.165) is 39.0 Å². The maximum absolute atomic E-state index is 13.3. The van der Waals surface area contributed by atoms with Crippen LogP contribution in [0, 0.1) is 5.41 Å². The maximum Gasteiger partial charge on any atom is 0.321 e. The molecule has 6 heteroatoms. The number of methoxy groups -OCH3 is 1. The Kier molecular flexibility index (Phi) is 5.80. The summed E-state index contributed by atoms with van der Waals surface area (Å²) in [4.78, 5) is 31.0. The molecule has 0 aromatic heterocycles. The van der Waals surface area contributed by atoms with Gasteiger partial charge in [-0.3, -0.25) is 19.4 Å². The van der Waals surface area contributed by atoms with E-state index in [0.29, 0.717) is 26.1 Å². The Bertz CT molecular complexity index is 704. The lowest BCUT2D eigenvalue weighted by Crippen LogP contribution is -2.61. The lowest BCUT2D eigenvalue weighted by molar-refractivity contribution is -0.168. The molecule has 2 bridgehead atoms. The molecule has 0 aliphatic carbocycles. The Morgan fingerprint density at radius 3 is 2.68 bits per heavy atom. The van der Waals surface area contributed by atoms with Crippen molar-refractivity contribution < 1.29 is 19.1 Å². The lowest BCUT2D eigenvalue weighted by atomic mass is 9.70. The van der Waals surface area contributed by atoms with E-state index in [-0.39, 0.29) is 23.8 Å². The summed E-state index contributed by atoms with van der Waals surface area (Å²) in [5.41, 5.74) is 0.176. The minimum Gasteiger partial charge on any atom is -0.468 e. The molecule has 28 heavy (non-hydrogen) atoms. The molecule has 4 rings (SSSR count). The van der Waals surface area contributed by atoms with E-state index in [1.807, 2.05) is 18.2 Å². The summed E-state index contributed by atoms with van der Waals surface area (Å²) >= 11 is 0. The summed E-state index contributed by atoms with van der Waals surface area (Å²) in [6.45, 7) is 4.64. The maximum atomic E-state index is 13.3. The van der Waals surface area contributed by atoms with Crippen LogP contribution < -0.4 is 0 Å². The van der Waals surface area contributed by atoms with Crippen LogP contribution in [0.1, 0.15) is 31.2 Å². The van der Waals surface area contributed by atoms with E-state index in [4.69, 9.17) is 9.47 Å². The predicted octanol–water partition coefficient (Wildman–Crippen LogP) is 1.87. The number of morpholine rings is 1. The van der Waals surface area contributed by atoms with E-state index >= 15 is 0 Å². The molecule has 0 saturated carbocycles. The van der Waals surface area contributed by atoms with Gasteiger partial charge in [-0.1, -0.05) is 30.3 Å². The molecule has 6 nitrogen and oxygen atoms in total. The number of hydrogen-bond donors (Lipinski definition) is 0. The predicted molar refractivity (Wildman–Crippen MR) is 105 cm³/mol. The van der Waals surface area contributed by atoms with Gasteiger partial charge < -0.3 is 9.47 Å². The molecule has 3 fully saturated rings. The second-order valence-corrected chi connectivity index (χ2v) is 8.20. The van der Waals surface area contributed by atoms with Crippen LogP contribution in [0.4, 0.5) is 0 Å². The van der Waals surface area contributed by atoms with Crippen LogP contribution in [0.5, 0.6) is 0 Å². The number of hydrogen-bond acceptors (Lipinski definition) is 6. The fraction of sp³-hybridized carbons (Fsp3) is 0.636. The standard InChI is InChI=1S/C22H30N2O4/c1-27-21(26)22(9-10-23-11-13-28-14-12-23)19-8-7-18(15-20(22)25)24(19)16-17-5-3-2-4-6-17/h2-6,18-19H,7-16H2,1H3/t18-,19-,22+/m1/s1. The van der Waals surface area contributed by atoms with Crippen molar-refractivity contribution in [2.24, 2.45) is 5.41 Å². The summed E-state index contributed by atoms with van der Waals surface area (Å²) in [5.74, 6) is -0.279. The van der Waals surface area contributed by atoms with Crippen molar-refractivity contribution in [3.8, 4) is 0 Å². The van der Waals surface area contributed by atoms with E-state index in [2.05, 4.69) is 21.9 Å².